The molecule has 0 amide bonds. The lowest BCUT2D eigenvalue weighted by Gasteiger charge is -2.28. The first-order chi connectivity index (χ1) is 5.65. The molecule has 2 nitrogen and oxygen atoms in total. The summed E-state index contributed by atoms with van der Waals surface area (Å²) in [5.41, 5.74) is 0.749. The average Bonchev–Trinajstić information content (AvgIpc) is 2.03. The van der Waals surface area contributed by atoms with Crippen LogP contribution in [0, 0.1) is 11.8 Å². The molecule has 0 unspecified atom stereocenters. The van der Waals surface area contributed by atoms with Crippen LogP contribution in [0.1, 0.15) is 26.7 Å². The highest BCUT2D eigenvalue weighted by atomic mass is 16.3. The minimum Gasteiger partial charge on any atom is -0.389 e. The van der Waals surface area contributed by atoms with E-state index in [4.69, 9.17) is 0 Å². The molecule has 0 aromatic heterocycles. The summed E-state index contributed by atoms with van der Waals surface area (Å²) < 4.78 is 0. The molecule has 0 spiro atoms. The maximum absolute atomic E-state index is 10.4. The molecule has 0 aromatic rings. The summed E-state index contributed by atoms with van der Waals surface area (Å²) in [6.07, 6.45) is 3.88. The molecule has 1 N–H and O–H groups in total. The van der Waals surface area contributed by atoms with E-state index in [0.29, 0.717) is 11.8 Å². The Bertz CT molecular complexity index is 194. The van der Waals surface area contributed by atoms with E-state index in [9.17, 15) is 9.90 Å². The van der Waals surface area contributed by atoms with E-state index in [2.05, 4.69) is 13.8 Å². The minimum atomic E-state index is -0.418. The van der Waals surface area contributed by atoms with Crippen LogP contribution in [0.5, 0.6) is 0 Å². The minimum absolute atomic E-state index is 0.327. The maximum atomic E-state index is 10.4. The molecular weight excluding hydrogens is 152 g/mol. The van der Waals surface area contributed by atoms with E-state index < -0.39 is 6.10 Å². The second-order valence-electron chi connectivity index (χ2n) is 3.80. The third-order valence-electron chi connectivity index (χ3n) is 2.60. The molecule has 2 heteroatoms. The molecule has 2 atom stereocenters. The van der Waals surface area contributed by atoms with E-state index in [1.54, 1.807) is 6.08 Å². The van der Waals surface area contributed by atoms with Gasteiger partial charge in [0.1, 0.15) is 6.29 Å². The molecule has 0 fully saturated rings. The van der Waals surface area contributed by atoms with E-state index in [0.717, 1.165) is 24.7 Å². The van der Waals surface area contributed by atoms with Crippen molar-refractivity contribution in [3.05, 3.63) is 11.6 Å². The lowest BCUT2D eigenvalue weighted by molar-refractivity contribution is -0.105. The second-order valence-corrected chi connectivity index (χ2v) is 3.80. The fourth-order valence-corrected chi connectivity index (χ4v) is 1.76. The van der Waals surface area contributed by atoms with Crippen molar-refractivity contribution in [1.82, 2.24) is 0 Å². The Morgan fingerprint density at radius 1 is 1.67 bits per heavy atom. The number of hydrogen-bond acceptors (Lipinski definition) is 2. The Hall–Kier alpha value is -0.630. The zero-order valence-electron chi connectivity index (χ0n) is 7.66. The van der Waals surface area contributed by atoms with E-state index >= 15 is 0 Å². The van der Waals surface area contributed by atoms with Gasteiger partial charge in [-0.05, 0) is 36.3 Å². The molecule has 0 bridgehead atoms. The van der Waals surface area contributed by atoms with Crippen LogP contribution in [0.25, 0.3) is 0 Å². The van der Waals surface area contributed by atoms with E-state index in [1.165, 1.54) is 0 Å². The normalized spacial score (nSPS) is 30.2. The Balaban J connectivity index is 2.66. The smallest absolute Gasteiger partial charge is 0.145 e. The fourth-order valence-electron chi connectivity index (χ4n) is 1.76. The molecule has 0 aromatic carbocycles. The summed E-state index contributed by atoms with van der Waals surface area (Å²) >= 11 is 0. The molecule has 0 heterocycles. The molecule has 0 radical (unpaired) electrons. The molecule has 0 aliphatic heterocycles. The van der Waals surface area contributed by atoms with Crippen LogP contribution >= 0.6 is 0 Å². The maximum Gasteiger partial charge on any atom is 0.145 e. The van der Waals surface area contributed by atoms with Crippen LogP contribution in [-0.2, 0) is 4.79 Å². The highest BCUT2D eigenvalue weighted by Crippen LogP contribution is 2.28. The van der Waals surface area contributed by atoms with Crippen molar-refractivity contribution in [1.29, 1.82) is 0 Å². The predicted molar refractivity (Wildman–Crippen MR) is 47.7 cm³/mol. The summed E-state index contributed by atoms with van der Waals surface area (Å²) in [4.78, 5) is 10.4. The summed E-state index contributed by atoms with van der Waals surface area (Å²) in [6, 6.07) is 0. The number of aliphatic hydroxyl groups is 1. The number of rotatable bonds is 2. The van der Waals surface area contributed by atoms with Crippen LogP contribution < -0.4 is 0 Å². The monoisotopic (exact) mass is 168 g/mol. The summed E-state index contributed by atoms with van der Waals surface area (Å²) in [7, 11) is 0. The van der Waals surface area contributed by atoms with Gasteiger partial charge in [0.15, 0.2) is 0 Å². The van der Waals surface area contributed by atoms with Crippen molar-refractivity contribution in [3.63, 3.8) is 0 Å². The van der Waals surface area contributed by atoms with Crippen LogP contribution in [0.3, 0.4) is 0 Å². The van der Waals surface area contributed by atoms with Gasteiger partial charge in [-0.3, -0.25) is 4.79 Å². The van der Waals surface area contributed by atoms with Gasteiger partial charge in [-0.1, -0.05) is 13.8 Å². The molecule has 1 aliphatic carbocycles. The molecule has 12 heavy (non-hydrogen) atoms. The van der Waals surface area contributed by atoms with Gasteiger partial charge in [-0.2, -0.15) is 0 Å². The number of hydrogen-bond donors (Lipinski definition) is 1. The van der Waals surface area contributed by atoms with Crippen molar-refractivity contribution >= 4 is 6.29 Å². The summed E-state index contributed by atoms with van der Waals surface area (Å²) in [6.45, 7) is 4.21. The van der Waals surface area contributed by atoms with Gasteiger partial charge in [0, 0.05) is 0 Å². The lowest BCUT2D eigenvalue weighted by atomic mass is 9.81. The zero-order valence-corrected chi connectivity index (χ0v) is 7.66. The van der Waals surface area contributed by atoms with Gasteiger partial charge in [0.25, 0.3) is 0 Å². The zero-order chi connectivity index (χ0) is 9.14. The standard InChI is InChI=1S/C10H16O2/c1-7(2)9-4-3-8(6-11)5-10(9)12/h5-7,9-10,12H,3-4H2,1-2H3/t9-,10+/m0/s1. The number of aldehydes is 1. The molecular formula is C10H16O2. The lowest BCUT2D eigenvalue weighted by Crippen LogP contribution is -2.27. The second kappa shape index (κ2) is 3.85. The van der Waals surface area contributed by atoms with Gasteiger partial charge in [-0.25, -0.2) is 0 Å². The van der Waals surface area contributed by atoms with Gasteiger partial charge >= 0.3 is 0 Å². The predicted octanol–water partition coefficient (Wildman–Crippen LogP) is 1.54. The van der Waals surface area contributed by atoms with Crippen LogP contribution in [0.4, 0.5) is 0 Å². The molecule has 1 aliphatic rings. The Labute approximate surface area is 73.3 Å². The van der Waals surface area contributed by atoms with Gasteiger partial charge in [-0.15, -0.1) is 0 Å². The third kappa shape index (κ3) is 1.95. The first-order valence-corrected chi connectivity index (χ1v) is 4.49. The largest absolute Gasteiger partial charge is 0.389 e. The number of carbonyl (C=O) groups is 1. The number of aliphatic hydroxyl groups excluding tert-OH is 1. The van der Waals surface area contributed by atoms with Crippen molar-refractivity contribution in [3.8, 4) is 0 Å². The Morgan fingerprint density at radius 3 is 2.75 bits per heavy atom. The summed E-state index contributed by atoms with van der Waals surface area (Å²) in [5.74, 6) is 0.818. The number of carbonyl (C=O) groups excluding carboxylic acids is 1. The van der Waals surface area contributed by atoms with Gasteiger partial charge in [0.05, 0.1) is 6.10 Å². The van der Waals surface area contributed by atoms with E-state index in [1.807, 2.05) is 0 Å². The third-order valence-corrected chi connectivity index (χ3v) is 2.60. The number of allylic oxidation sites excluding steroid dienone is 1. The van der Waals surface area contributed by atoms with Crippen molar-refractivity contribution in [2.45, 2.75) is 32.8 Å². The van der Waals surface area contributed by atoms with Crippen molar-refractivity contribution in [2.24, 2.45) is 11.8 Å². The average molecular weight is 168 g/mol. The van der Waals surface area contributed by atoms with Crippen molar-refractivity contribution in [2.75, 3.05) is 0 Å². The molecule has 0 saturated carbocycles. The van der Waals surface area contributed by atoms with E-state index in [-0.39, 0.29) is 0 Å². The first-order valence-electron chi connectivity index (χ1n) is 4.49. The van der Waals surface area contributed by atoms with Crippen molar-refractivity contribution < 1.29 is 9.90 Å². The van der Waals surface area contributed by atoms with Crippen LogP contribution in [-0.4, -0.2) is 17.5 Å². The van der Waals surface area contributed by atoms with Gasteiger partial charge in [0.2, 0.25) is 0 Å². The van der Waals surface area contributed by atoms with Gasteiger partial charge < -0.3 is 5.11 Å². The SMILES string of the molecule is CC(C)[C@@H]1CCC(C=O)=C[C@H]1O. The fraction of sp³-hybridized carbons (Fsp3) is 0.700. The molecule has 1 rings (SSSR count). The Morgan fingerprint density at radius 2 is 2.33 bits per heavy atom. The molecule has 68 valence electrons. The highest BCUT2D eigenvalue weighted by Gasteiger charge is 2.24. The van der Waals surface area contributed by atoms with Crippen LogP contribution in [0.2, 0.25) is 0 Å². The Kier molecular flexibility index (Phi) is 3.04. The van der Waals surface area contributed by atoms with Crippen LogP contribution in [0.15, 0.2) is 11.6 Å². The summed E-state index contributed by atoms with van der Waals surface area (Å²) in [5, 5.41) is 9.61. The highest BCUT2D eigenvalue weighted by molar-refractivity contribution is 5.73. The topological polar surface area (TPSA) is 37.3 Å². The molecule has 0 saturated heterocycles. The first kappa shape index (κ1) is 9.46. The quantitative estimate of drug-likeness (QED) is 0.635.